The number of primary amides is 1. The zero-order valence-corrected chi connectivity index (χ0v) is 20.0. The van der Waals surface area contributed by atoms with Crippen LogP contribution in [-0.4, -0.2) is 17.1 Å². The summed E-state index contributed by atoms with van der Waals surface area (Å²) in [5.74, 6) is 0.364. The number of rotatable bonds is 6. The Balaban J connectivity index is 1.78. The highest BCUT2D eigenvalue weighted by atomic mass is 35.5. The fraction of sp³-hybridized carbons (Fsp3) is 0.107. The molecule has 1 aromatic heterocycles. The third-order valence-corrected chi connectivity index (χ3v) is 6.59. The molecular formula is C28H22Cl2N2O2. The van der Waals surface area contributed by atoms with Gasteiger partial charge in [-0.2, -0.15) is 0 Å². The Bertz CT molecular complexity index is 1540. The number of hydrogen-bond donors (Lipinski definition) is 1. The number of nitrogens with two attached hydrogens (primary N) is 1. The Morgan fingerprint density at radius 1 is 0.912 bits per heavy atom. The minimum atomic E-state index is -0.457. The number of nitrogens with zero attached hydrogens (tertiary/aromatic N) is 1. The average molecular weight is 489 g/mol. The second-order valence-electron chi connectivity index (χ2n) is 8.06. The number of carbonyl (C=O) groups is 1. The zero-order valence-electron chi connectivity index (χ0n) is 18.5. The molecule has 170 valence electrons. The molecule has 6 heteroatoms. The highest BCUT2D eigenvalue weighted by Gasteiger charge is 2.18. The maximum absolute atomic E-state index is 12.3. The van der Waals surface area contributed by atoms with Crippen molar-refractivity contribution in [3.05, 3.63) is 100 Å². The molecule has 0 spiro atoms. The first kappa shape index (κ1) is 22.3. The Morgan fingerprint density at radius 3 is 2.38 bits per heavy atom. The van der Waals surface area contributed by atoms with Gasteiger partial charge in [0.25, 0.3) is 0 Å². The minimum Gasteiger partial charge on any atom is -0.494 e. The van der Waals surface area contributed by atoms with Crippen LogP contribution in [-0.2, 0) is 6.54 Å². The molecule has 0 saturated heterocycles. The van der Waals surface area contributed by atoms with Gasteiger partial charge >= 0.3 is 0 Å². The number of aromatic nitrogens is 1. The standard InChI is InChI=1S/C28H22Cl2N2O2/c1-2-34-19-7-3-6-17(14-19)16-32-24-11-4-8-21(28(31)33)27(24)20-13-12-18(15-25(20)32)26-22(29)9-5-10-23(26)30/h3-15H,2,16H2,1H3,(H2,31,33). The van der Waals surface area contributed by atoms with Gasteiger partial charge in [0.2, 0.25) is 5.91 Å². The summed E-state index contributed by atoms with van der Waals surface area (Å²) < 4.78 is 7.89. The number of hydrogen-bond acceptors (Lipinski definition) is 2. The van der Waals surface area contributed by atoms with Crippen molar-refractivity contribution in [2.24, 2.45) is 5.73 Å². The summed E-state index contributed by atoms with van der Waals surface area (Å²) >= 11 is 13.0. The topological polar surface area (TPSA) is 57.2 Å². The number of benzene rings is 4. The van der Waals surface area contributed by atoms with Crippen molar-refractivity contribution in [2.45, 2.75) is 13.5 Å². The fourth-order valence-electron chi connectivity index (χ4n) is 4.53. The highest BCUT2D eigenvalue weighted by molar-refractivity contribution is 6.39. The number of ether oxygens (including phenoxy) is 1. The van der Waals surface area contributed by atoms with Crippen LogP contribution >= 0.6 is 23.2 Å². The molecule has 0 aliphatic carbocycles. The Hall–Kier alpha value is -3.47. The van der Waals surface area contributed by atoms with E-state index >= 15 is 0 Å². The molecular weight excluding hydrogens is 467 g/mol. The van der Waals surface area contributed by atoms with E-state index in [-0.39, 0.29) is 0 Å². The predicted molar refractivity (Wildman–Crippen MR) is 140 cm³/mol. The van der Waals surface area contributed by atoms with Gasteiger partial charge in [-0.05, 0) is 60.5 Å². The normalized spacial score (nSPS) is 11.3. The summed E-state index contributed by atoms with van der Waals surface area (Å²) in [5, 5.41) is 2.94. The van der Waals surface area contributed by atoms with Gasteiger partial charge in [-0.15, -0.1) is 0 Å². The van der Waals surface area contributed by atoms with Gasteiger partial charge in [0.05, 0.1) is 17.6 Å². The molecule has 4 aromatic carbocycles. The summed E-state index contributed by atoms with van der Waals surface area (Å²) in [7, 11) is 0. The van der Waals surface area contributed by atoms with Gasteiger partial charge in [0.1, 0.15) is 5.75 Å². The fourth-order valence-corrected chi connectivity index (χ4v) is 5.15. The van der Waals surface area contributed by atoms with E-state index in [4.69, 9.17) is 33.7 Å². The van der Waals surface area contributed by atoms with Crippen molar-refractivity contribution in [2.75, 3.05) is 6.61 Å². The molecule has 0 aliphatic heterocycles. The summed E-state index contributed by atoms with van der Waals surface area (Å²) in [6.45, 7) is 3.15. The van der Waals surface area contributed by atoms with E-state index in [0.29, 0.717) is 28.8 Å². The molecule has 0 bridgehead atoms. The first-order valence-corrected chi connectivity index (χ1v) is 11.7. The molecule has 0 radical (unpaired) electrons. The summed E-state index contributed by atoms with van der Waals surface area (Å²) in [6, 6.07) is 25.2. The van der Waals surface area contributed by atoms with Crippen molar-refractivity contribution >= 4 is 50.9 Å². The molecule has 4 nitrogen and oxygen atoms in total. The summed E-state index contributed by atoms with van der Waals surface area (Å²) in [5.41, 5.74) is 10.9. The van der Waals surface area contributed by atoms with Gasteiger partial charge in [-0.25, -0.2) is 0 Å². The second kappa shape index (κ2) is 9.05. The molecule has 5 aromatic rings. The molecule has 34 heavy (non-hydrogen) atoms. The van der Waals surface area contributed by atoms with Crippen LogP contribution in [0.5, 0.6) is 5.75 Å². The first-order valence-electron chi connectivity index (χ1n) is 11.0. The number of fused-ring (bicyclic) bond motifs is 3. The lowest BCUT2D eigenvalue weighted by molar-refractivity contribution is 0.100. The predicted octanol–water partition coefficient (Wildman–Crippen LogP) is 7.31. The lowest BCUT2D eigenvalue weighted by atomic mass is 10.0. The molecule has 0 saturated carbocycles. The Morgan fingerprint density at radius 2 is 1.65 bits per heavy atom. The molecule has 0 unspecified atom stereocenters. The van der Waals surface area contributed by atoms with E-state index in [1.807, 2.05) is 67.6 Å². The molecule has 1 heterocycles. The summed E-state index contributed by atoms with van der Waals surface area (Å²) in [6.07, 6.45) is 0. The number of carbonyl (C=O) groups excluding carboxylic acids is 1. The SMILES string of the molecule is CCOc1cccc(Cn2c3cc(-c4c(Cl)cccc4Cl)ccc3c3c(C(N)=O)cccc32)c1. The molecule has 5 rings (SSSR count). The van der Waals surface area contributed by atoms with Crippen molar-refractivity contribution in [3.63, 3.8) is 0 Å². The van der Waals surface area contributed by atoms with E-state index in [0.717, 1.165) is 44.2 Å². The van der Waals surface area contributed by atoms with E-state index in [2.05, 4.69) is 16.7 Å². The van der Waals surface area contributed by atoms with Crippen LogP contribution < -0.4 is 10.5 Å². The van der Waals surface area contributed by atoms with Crippen LogP contribution in [0.15, 0.2) is 78.9 Å². The van der Waals surface area contributed by atoms with Crippen LogP contribution in [0, 0.1) is 0 Å². The van der Waals surface area contributed by atoms with Crippen molar-refractivity contribution in [1.82, 2.24) is 4.57 Å². The maximum atomic E-state index is 12.3. The van der Waals surface area contributed by atoms with Crippen molar-refractivity contribution in [1.29, 1.82) is 0 Å². The maximum Gasteiger partial charge on any atom is 0.249 e. The monoisotopic (exact) mass is 488 g/mol. The van der Waals surface area contributed by atoms with E-state index < -0.39 is 5.91 Å². The highest BCUT2D eigenvalue weighted by Crippen LogP contribution is 2.39. The quantitative estimate of drug-likeness (QED) is 0.272. The second-order valence-corrected chi connectivity index (χ2v) is 8.87. The third kappa shape index (κ3) is 3.89. The Labute approximate surface area is 207 Å². The zero-order chi connectivity index (χ0) is 23.8. The number of amides is 1. The molecule has 1 amide bonds. The van der Waals surface area contributed by atoms with Gasteiger partial charge < -0.3 is 15.0 Å². The van der Waals surface area contributed by atoms with Crippen LogP contribution in [0.1, 0.15) is 22.8 Å². The molecule has 0 aliphatic rings. The molecule has 2 N–H and O–H groups in total. The van der Waals surface area contributed by atoms with Crippen LogP contribution in [0.4, 0.5) is 0 Å². The first-order chi connectivity index (χ1) is 16.5. The smallest absolute Gasteiger partial charge is 0.249 e. The lowest BCUT2D eigenvalue weighted by Gasteiger charge is -2.12. The lowest BCUT2D eigenvalue weighted by Crippen LogP contribution is -2.11. The van der Waals surface area contributed by atoms with Gasteiger partial charge in [0, 0.05) is 38.5 Å². The van der Waals surface area contributed by atoms with Gasteiger partial charge in [-0.1, -0.05) is 59.6 Å². The van der Waals surface area contributed by atoms with Crippen LogP contribution in [0.25, 0.3) is 32.9 Å². The molecule has 0 atom stereocenters. The Kier molecular flexibility index (Phi) is 5.94. The molecule has 0 fully saturated rings. The van der Waals surface area contributed by atoms with Gasteiger partial charge in [0.15, 0.2) is 0 Å². The van der Waals surface area contributed by atoms with Gasteiger partial charge in [-0.3, -0.25) is 4.79 Å². The largest absolute Gasteiger partial charge is 0.494 e. The van der Waals surface area contributed by atoms with E-state index in [1.165, 1.54) is 0 Å². The van der Waals surface area contributed by atoms with E-state index in [9.17, 15) is 4.79 Å². The number of halogens is 2. The average Bonchev–Trinajstić information content (AvgIpc) is 3.12. The van der Waals surface area contributed by atoms with Crippen LogP contribution in [0.2, 0.25) is 10.0 Å². The van der Waals surface area contributed by atoms with Crippen molar-refractivity contribution in [3.8, 4) is 16.9 Å². The van der Waals surface area contributed by atoms with Crippen LogP contribution in [0.3, 0.4) is 0 Å². The minimum absolute atomic E-state index is 0.457. The van der Waals surface area contributed by atoms with Crippen molar-refractivity contribution < 1.29 is 9.53 Å². The third-order valence-electron chi connectivity index (χ3n) is 5.96. The van der Waals surface area contributed by atoms with E-state index in [1.54, 1.807) is 6.07 Å². The summed E-state index contributed by atoms with van der Waals surface area (Å²) in [4.78, 5) is 12.3.